The molecule has 1 aromatic heterocycles. The van der Waals surface area contributed by atoms with Crippen LogP contribution in [0, 0.1) is 20.8 Å². The number of aryl methyl sites for hydroxylation is 3. The fourth-order valence-corrected chi connectivity index (χ4v) is 6.16. The highest BCUT2D eigenvalue weighted by Gasteiger charge is 2.21. The zero-order valence-corrected chi connectivity index (χ0v) is 23.4. The number of aromatic nitrogens is 2. The number of halogens is 1. The standard InChI is InChI=1S/C26H24ClN5O5S2/c1-16-5-4-6-21(13-16)31-39(36,37)24-15-19(7-12-23(24)27)25(33)30-20-8-10-22(11-9-20)38(34,35)32-26-28-17(2)14-18(3)29-26/h4-15,31H,1-3H3,(H,30,33)(H,28,29,32). The number of benzene rings is 3. The summed E-state index contributed by atoms with van der Waals surface area (Å²) in [5.41, 5.74) is 2.77. The van der Waals surface area contributed by atoms with Gasteiger partial charge in [-0.25, -0.2) is 31.5 Å². The molecule has 39 heavy (non-hydrogen) atoms. The number of amides is 1. The average Bonchev–Trinajstić information content (AvgIpc) is 2.83. The first-order valence-electron chi connectivity index (χ1n) is 11.5. The number of carbonyl (C=O) groups excluding carboxylic acids is 1. The molecule has 3 aromatic carbocycles. The monoisotopic (exact) mass is 585 g/mol. The van der Waals surface area contributed by atoms with Gasteiger partial charge in [-0.3, -0.25) is 9.52 Å². The molecule has 0 bridgehead atoms. The van der Waals surface area contributed by atoms with Crippen LogP contribution in [0.5, 0.6) is 0 Å². The van der Waals surface area contributed by atoms with Gasteiger partial charge in [0.15, 0.2) is 0 Å². The van der Waals surface area contributed by atoms with Gasteiger partial charge in [0.1, 0.15) is 4.90 Å². The molecule has 0 saturated carbocycles. The maximum Gasteiger partial charge on any atom is 0.264 e. The molecule has 0 aliphatic carbocycles. The van der Waals surface area contributed by atoms with Crippen molar-refractivity contribution < 1.29 is 21.6 Å². The topological polar surface area (TPSA) is 147 Å². The molecule has 202 valence electrons. The summed E-state index contributed by atoms with van der Waals surface area (Å²) in [5.74, 6) is -0.661. The Bertz CT molecular complexity index is 1760. The Balaban J connectivity index is 1.50. The van der Waals surface area contributed by atoms with Crippen LogP contribution >= 0.6 is 11.6 Å². The molecule has 3 N–H and O–H groups in total. The molecule has 0 aliphatic rings. The van der Waals surface area contributed by atoms with Gasteiger partial charge < -0.3 is 5.32 Å². The van der Waals surface area contributed by atoms with Crippen molar-refractivity contribution in [1.82, 2.24) is 9.97 Å². The summed E-state index contributed by atoms with van der Waals surface area (Å²) in [4.78, 5) is 20.7. The van der Waals surface area contributed by atoms with Crippen molar-refractivity contribution in [1.29, 1.82) is 0 Å². The van der Waals surface area contributed by atoms with E-state index in [0.717, 1.165) is 5.56 Å². The normalized spacial score (nSPS) is 11.6. The van der Waals surface area contributed by atoms with E-state index < -0.39 is 26.0 Å². The molecule has 0 atom stereocenters. The van der Waals surface area contributed by atoms with E-state index in [1.165, 1.54) is 42.5 Å². The molecule has 0 unspecified atom stereocenters. The minimum Gasteiger partial charge on any atom is -0.322 e. The largest absolute Gasteiger partial charge is 0.322 e. The molecule has 1 amide bonds. The Hall–Kier alpha value is -4.00. The molecule has 0 radical (unpaired) electrons. The van der Waals surface area contributed by atoms with Gasteiger partial charge in [0, 0.05) is 28.3 Å². The zero-order chi connectivity index (χ0) is 28.4. The molecule has 0 fully saturated rings. The van der Waals surface area contributed by atoms with E-state index in [1.54, 1.807) is 38.1 Å². The summed E-state index contributed by atoms with van der Waals surface area (Å²) >= 11 is 6.16. The highest BCUT2D eigenvalue weighted by molar-refractivity contribution is 7.93. The number of sulfonamides is 2. The lowest BCUT2D eigenvalue weighted by molar-refractivity contribution is 0.102. The SMILES string of the molecule is Cc1cccc(NS(=O)(=O)c2cc(C(=O)Nc3ccc(S(=O)(=O)Nc4nc(C)cc(C)n4)cc3)ccc2Cl)c1. The zero-order valence-electron chi connectivity index (χ0n) is 21.1. The van der Waals surface area contributed by atoms with Crippen LogP contribution in [0.4, 0.5) is 17.3 Å². The first-order chi connectivity index (χ1) is 18.3. The van der Waals surface area contributed by atoms with Crippen molar-refractivity contribution in [3.63, 3.8) is 0 Å². The maximum absolute atomic E-state index is 13.0. The van der Waals surface area contributed by atoms with E-state index in [9.17, 15) is 21.6 Å². The van der Waals surface area contributed by atoms with E-state index in [4.69, 9.17) is 11.6 Å². The second kappa shape index (κ2) is 11.0. The van der Waals surface area contributed by atoms with Gasteiger partial charge in [0.05, 0.1) is 9.92 Å². The Labute approximate surface area is 231 Å². The molecule has 0 saturated heterocycles. The Morgan fingerprint density at radius 2 is 1.41 bits per heavy atom. The third-order valence-corrected chi connectivity index (χ3v) is 8.59. The van der Waals surface area contributed by atoms with Crippen molar-refractivity contribution >= 4 is 54.9 Å². The smallest absolute Gasteiger partial charge is 0.264 e. The van der Waals surface area contributed by atoms with Gasteiger partial charge in [-0.2, -0.15) is 0 Å². The number of nitrogens with zero attached hydrogens (tertiary/aromatic N) is 2. The van der Waals surface area contributed by atoms with Crippen molar-refractivity contribution in [2.75, 3.05) is 14.8 Å². The third kappa shape index (κ3) is 6.91. The van der Waals surface area contributed by atoms with Crippen molar-refractivity contribution in [3.8, 4) is 0 Å². The molecule has 0 spiro atoms. The predicted molar refractivity (Wildman–Crippen MR) is 150 cm³/mol. The minimum absolute atomic E-state index is 0.0364. The summed E-state index contributed by atoms with van der Waals surface area (Å²) in [6.45, 7) is 5.28. The summed E-state index contributed by atoms with van der Waals surface area (Å²) in [6.07, 6.45) is 0. The fourth-order valence-electron chi connectivity index (χ4n) is 3.64. The van der Waals surface area contributed by atoms with Gasteiger partial charge in [0.25, 0.3) is 26.0 Å². The average molecular weight is 586 g/mol. The lowest BCUT2D eigenvalue weighted by Crippen LogP contribution is -2.17. The van der Waals surface area contributed by atoms with Gasteiger partial charge >= 0.3 is 0 Å². The summed E-state index contributed by atoms with van der Waals surface area (Å²) in [7, 11) is -8.06. The molecular formula is C26H24ClN5O5S2. The van der Waals surface area contributed by atoms with Crippen LogP contribution in [-0.2, 0) is 20.0 Å². The van der Waals surface area contributed by atoms with Crippen LogP contribution in [0.25, 0.3) is 0 Å². The maximum atomic E-state index is 13.0. The number of hydrogen-bond acceptors (Lipinski definition) is 7. The highest BCUT2D eigenvalue weighted by atomic mass is 35.5. The van der Waals surface area contributed by atoms with Gasteiger partial charge in [-0.1, -0.05) is 23.7 Å². The number of nitrogens with one attached hydrogen (secondary N) is 3. The Morgan fingerprint density at radius 3 is 2.05 bits per heavy atom. The lowest BCUT2D eigenvalue weighted by Gasteiger charge is -2.12. The van der Waals surface area contributed by atoms with Crippen molar-refractivity contribution in [3.05, 3.63) is 100 Å². The highest BCUT2D eigenvalue weighted by Crippen LogP contribution is 2.26. The van der Waals surface area contributed by atoms with E-state index in [1.807, 2.05) is 13.0 Å². The number of hydrogen-bond donors (Lipinski definition) is 3. The molecule has 13 heteroatoms. The quantitative estimate of drug-likeness (QED) is 0.266. The molecular weight excluding hydrogens is 562 g/mol. The first kappa shape index (κ1) is 28.0. The molecule has 0 aliphatic heterocycles. The number of rotatable bonds is 8. The minimum atomic E-state index is -4.09. The molecule has 1 heterocycles. The van der Waals surface area contributed by atoms with Gasteiger partial charge in [0.2, 0.25) is 5.95 Å². The number of anilines is 3. The van der Waals surface area contributed by atoms with Gasteiger partial charge in [-0.05, 0) is 87.0 Å². The summed E-state index contributed by atoms with van der Waals surface area (Å²) in [6, 6.07) is 17.8. The predicted octanol–water partition coefficient (Wildman–Crippen LogP) is 4.91. The first-order valence-corrected chi connectivity index (χ1v) is 14.8. The van der Waals surface area contributed by atoms with Crippen molar-refractivity contribution in [2.24, 2.45) is 0 Å². The third-order valence-electron chi connectivity index (χ3n) is 5.38. The van der Waals surface area contributed by atoms with E-state index >= 15 is 0 Å². The summed E-state index contributed by atoms with van der Waals surface area (Å²) < 4.78 is 56.2. The molecule has 4 aromatic rings. The number of carbonyl (C=O) groups is 1. The second-order valence-corrected chi connectivity index (χ2v) is 12.4. The molecule has 4 rings (SSSR count). The van der Waals surface area contributed by atoms with E-state index in [-0.39, 0.29) is 26.3 Å². The van der Waals surface area contributed by atoms with Crippen LogP contribution in [-0.4, -0.2) is 32.7 Å². The Kier molecular flexibility index (Phi) is 7.91. The van der Waals surface area contributed by atoms with E-state index in [0.29, 0.717) is 22.8 Å². The Morgan fingerprint density at radius 1 is 0.744 bits per heavy atom. The van der Waals surface area contributed by atoms with Crippen LogP contribution in [0.2, 0.25) is 5.02 Å². The fraction of sp³-hybridized carbons (Fsp3) is 0.115. The van der Waals surface area contributed by atoms with Crippen LogP contribution in [0.1, 0.15) is 27.3 Å². The van der Waals surface area contributed by atoms with Crippen molar-refractivity contribution in [2.45, 2.75) is 30.6 Å². The lowest BCUT2D eigenvalue weighted by atomic mass is 10.2. The van der Waals surface area contributed by atoms with Crippen LogP contribution in [0.15, 0.2) is 82.6 Å². The van der Waals surface area contributed by atoms with Crippen LogP contribution < -0.4 is 14.8 Å². The molecule has 10 nitrogen and oxygen atoms in total. The summed E-state index contributed by atoms with van der Waals surface area (Å²) in [5, 5.41) is 2.57. The van der Waals surface area contributed by atoms with E-state index in [2.05, 4.69) is 24.7 Å². The van der Waals surface area contributed by atoms with Crippen LogP contribution in [0.3, 0.4) is 0 Å². The second-order valence-electron chi connectivity index (χ2n) is 8.68. The van der Waals surface area contributed by atoms with Gasteiger partial charge in [-0.15, -0.1) is 0 Å².